The third-order valence-corrected chi connectivity index (χ3v) is 2.90. The summed E-state index contributed by atoms with van der Waals surface area (Å²) < 4.78 is 0. The summed E-state index contributed by atoms with van der Waals surface area (Å²) in [6.45, 7) is 0.831. The molecule has 0 unspecified atom stereocenters. The molecular formula is C13H11N3O. The minimum absolute atomic E-state index is 0.431. The van der Waals surface area contributed by atoms with E-state index in [1.54, 1.807) is 18.3 Å². The molecule has 84 valence electrons. The second-order valence-electron chi connectivity index (χ2n) is 3.95. The zero-order chi connectivity index (χ0) is 11.8. The molecule has 0 fully saturated rings. The lowest BCUT2D eigenvalue weighted by Gasteiger charge is -2.20. The van der Waals surface area contributed by atoms with Gasteiger partial charge in [0.2, 0.25) is 5.91 Å². The molecule has 17 heavy (non-hydrogen) atoms. The fourth-order valence-electron chi connectivity index (χ4n) is 2.06. The first-order valence-electron chi connectivity index (χ1n) is 5.38. The van der Waals surface area contributed by atoms with Crippen LogP contribution in [0.4, 0.5) is 11.4 Å². The Morgan fingerprint density at radius 1 is 1.41 bits per heavy atom. The van der Waals surface area contributed by atoms with Crippen molar-refractivity contribution in [3.63, 3.8) is 0 Å². The molecule has 0 saturated heterocycles. The maximum Gasteiger partial charge on any atom is 0.248 e. The van der Waals surface area contributed by atoms with Crippen molar-refractivity contribution in [2.24, 2.45) is 10.7 Å². The molecule has 0 spiro atoms. The molecule has 0 saturated carbocycles. The topological polar surface area (TPSA) is 58.7 Å². The summed E-state index contributed by atoms with van der Waals surface area (Å²) in [6, 6.07) is 5.35. The third-order valence-electron chi connectivity index (χ3n) is 2.90. The van der Waals surface area contributed by atoms with Crippen LogP contribution in [0.1, 0.15) is 10.4 Å². The quantitative estimate of drug-likeness (QED) is 0.791. The normalized spacial score (nSPS) is 16.2. The monoisotopic (exact) mass is 225 g/mol. The van der Waals surface area contributed by atoms with Gasteiger partial charge in [-0.3, -0.25) is 9.79 Å². The number of carbonyl (C=O) groups is 1. The molecule has 4 heteroatoms. The molecule has 2 N–H and O–H groups in total. The number of primary amides is 1. The lowest BCUT2D eigenvalue weighted by Crippen LogP contribution is -2.17. The van der Waals surface area contributed by atoms with Crippen molar-refractivity contribution in [2.45, 2.75) is 0 Å². The summed E-state index contributed by atoms with van der Waals surface area (Å²) in [5.74, 6) is -0.431. The Kier molecular flexibility index (Phi) is 2.08. The number of hydrogen-bond donors (Lipinski definition) is 1. The van der Waals surface area contributed by atoms with Gasteiger partial charge in [0.05, 0.1) is 11.4 Å². The summed E-state index contributed by atoms with van der Waals surface area (Å²) in [5.41, 5.74) is 8.63. The minimum atomic E-state index is -0.431. The predicted molar refractivity (Wildman–Crippen MR) is 67.7 cm³/mol. The van der Waals surface area contributed by atoms with Gasteiger partial charge in [-0.1, -0.05) is 6.08 Å². The van der Waals surface area contributed by atoms with E-state index < -0.39 is 5.91 Å². The number of anilines is 1. The number of amides is 1. The Balaban J connectivity index is 2.13. The maximum absolute atomic E-state index is 11.1. The first-order valence-corrected chi connectivity index (χ1v) is 5.38. The van der Waals surface area contributed by atoms with Crippen molar-refractivity contribution in [1.82, 2.24) is 0 Å². The molecule has 0 atom stereocenters. The molecule has 2 heterocycles. The van der Waals surface area contributed by atoms with E-state index in [0.717, 1.165) is 23.6 Å². The molecule has 0 bridgehead atoms. The molecule has 4 nitrogen and oxygen atoms in total. The highest BCUT2D eigenvalue weighted by molar-refractivity contribution is 5.96. The second-order valence-corrected chi connectivity index (χ2v) is 3.95. The van der Waals surface area contributed by atoms with Crippen LogP contribution in [0.25, 0.3) is 0 Å². The van der Waals surface area contributed by atoms with Gasteiger partial charge >= 0.3 is 0 Å². The first-order chi connectivity index (χ1) is 8.25. The highest BCUT2D eigenvalue weighted by Gasteiger charge is 2.19. The van der Waals surface area contributed by atoms with Crippen LogP contribution < -0.4 is 10.6 Å². The largest absolute Gasteiger partial charge is 0.366 e. The van der Waals surface area contributed by atoms with E-state index >= 15 is 0 Å². The molecule has 1 aromatic carbocycles. The maximum atomic E-state index is 11.1. The van der Waals surface area contributed by atoms with Gasteiger partial charge in [0.1, 0.15) is 0 Å². The molecule has 1 aromatic rings. The van der Waals surface area contributed by atoms with Crippen molar-refractivity contribution in [3.8, 4) is 0 Å². The van der Waals surface area contributed by atoms with Crippen molar-refractivity contribution in [2.75, 3.05) is 11.4 Å². The summed E-state index contributed by atoms with van der Waals surface area (Å²) in [7, 11) is 0. The number of rotatable bonds is 1. The van der Waals surface area contributed by atoms with E-state index in [-0.39, 0.29) is 0 Å². The Bertz CT molecular complexity index is 584. The summed E-state index contributed by atoms with van der Waals surface area (Å²) in [4.78, 5) is 17.6. The van der Waals surface area contributed by atoms with Crippen LogP contribution in [-0.2, 0) is 0 Å². The first kappa shape index (κ1) is 9.84. The highest BCUT2D eigenvalue weighted by Crippen LogP contribution is 2.35. The Hall–Kier alpha value is -2.36. The van der Waals surface area contributed by atoms with Crippen LogP contribution in [0.3, 0.4) is 0 Å². The van der Waals surface area contributed by atoms with Gasteiger partial charge in [0.25, 0.3) is 0 Å². The van der Waals surface area contributed by atoms with Crippen molar-refractivity contribution in [1.29, 1.82) is 0 Å². The number of fused-ring (bicyclic) bond motifs is 3. The van der Waals surface area contributed by atoms with Crippen LogP contribution in [0.2, 0.25) is 0 Å². The Morgan fingerprint density at radius 2 is 2.29 bits per heavy atom. The van der Waals surface area contributed by atoms with E-state index in [0.29, 0.717) is 5.56 Å². The highest BCUT2D eigenvalue weighted by atomic mass is 16.1. The van der Waals surface area contributed by atoms with E-state index in [1.165, 1.54) is 0 Å². The Labute approximate surface area is 98.8 Å². The molecular weight excluding hydrogens is 214 g/mol. The zero-order valence-electron chi connectivity index (χ0n) is 9.13. The predicted octanol–water partition coefficient (Wildman–Crippen LogP) is 1.76. The fourth-order valence-corrected chi connectivity index (χ4v) is 2.06. The smallest absolute Gasteiger partial charge is 0.248 e. The Morgan fingerprint density at radius 3 is 3.12 bits per heavy atom. The number of nitrogens with zero attached hydrogens (tertiary/aromatic N) is 2. The van der Waals surface area contributed by atoms with Crippen molar-refractivity contribution in [3.05, 3.63) is 47.7 Å². The van der Waals surface area contributed by atoms with Crippen molar-refractivity contribution >= 4 is 23.5 Å². The number of hydrogen-bond acceptors (Lipinski definition) is 3. The fraction of sp³-hybridized carbons (Fsp3) is 0.0769. The molecule has 2 aliphatic heterocycles. The van der Waals surface area contributed by atoms with Gasteiger partial charge in [0.15, 0.2) is 0 Å². The van der Waals surface area contributed by atoms with Gasteiger partial charge < -0.3 is 10.6 Å². The second kappa shape index (κ2) is 3.59. The van der Waals surface area contributed by atoms with E-state index in [1.807, 2.05) is 12.1 Å². The van der Waals surface area contributed by atoms with Crippen LogP contribution in [0, 0.1) is 0 Å². The average Bonchev–Trinajstić information content (AvgIpc) is 2.71. The average molecular weight is 225 g/mol. The number of benzene rings is 1. The molecule has 1 amide bonds. The van der Waals surface area contributed by atoms with Gasteiger partial charge in [-0.15, -0.1) is 0 Å². The summed E-state index contributed by atoms with van der Waals surface area (Å²) in [5, 5.41) is 0. The standard InChI is InChI=1S/C13H11N3O/c14-13(17)9-3-4-12-11(8-9)15-6-5-10-2-1-7-16(10)12/h1-6,8H,7H2,(H2,14,17). The van der Waals surface area contributed by atoms with Crippen LogP contribution >= 0.6 is 0 Å². The number of aliphatic imine (C=N–C) groups is 1. The third kappa shape index (κ3) is 1.54. The molecule has 3 rings (SSSR count). The molecule has 0 aliphatic carbocycles. The molecule has 0 aromatic heterocycles. The van der Waals surface area contributed by atoms with Crippen LogP contribution in [0.5, 0.6) is 0 Å². The van der Waals surface area contributed by atoms with Crippen LogP contribution in [0.15, 0.2) is 47.1 Å². The van der Waals surface area contributed by atoms with E-state index in [9.17, 15) is 4.79 Å². The zero-order valence-corrected chi connectivity index (χ0v) is 9.13. The lowest BCUT2D eigenvalue weighted by molar-refractivity contribution is 0.100. The number of allylic oxidation sites excluding steroid dienone is 2. The SMILES string of the molecule is NC(=O)c1ccc2c(c1)N=CC=C1C=CCN12. The van der Waals surface area contributed by atoms with Gasteiger partial charge in [-0.2, -0.15) is 0 Å². The van der Waals surface area contributed by atoms with Crippen molar-refractivity contribution < 1.29 is 4.79 Å². The van der Waals surface area contributed by atoms with Gasteiger partial charge in [-0.05, 0) is 30.4 Å². The lowest BCUT2D eigenvalue weighted by atomic mass is 10.1. The molecule has 2 aliphatic rings. The summed E-state index contributed by atoms with van der Waals surface area (Å²) in [6.07, 6.45) is 7.85. The molecule has 0 radical (unpaired) electrons. The van der Waals surface area contributed by atoms with E-state index in [2.05, 4.69) is 22.0 Å². The van der Waals surface area contributed by atoms with Crippen LogP contribution in [-0.4, -0.2) is 18.7 Å². The number of carbonyl (C=O) groups excluding carboxylic acids is 1. The summed E-state index contributed by atoms with van der Waals surface area (Å²) >= 11 is 0. The van der Waals surface area contributed by atoms with E-state index in [4.69, 9.17) is 5.73 Å². The minimum Gasteiger partial charge on any atom is -0.366 e. The van der Waals surface area contributed by atoms with Gasteiger partial charge in [-0.25, -0.2) is 0 Å². The van der Waals surface area contributed by atoms with Gasteiger partial charge in [0, 0.05) is 24.0 Å². The number of nitrogens with two attached hydrogens (primary N) is 1.